The van der Waals surface area contributed by atoms with E-state index in [0.29, 0.717) is 6.42 Å². The van der Waals surface area contributed by atoms with Crippen molar-refractivity contribution < 1.29 is 4.79 Å². The number of hydrogen-bond donors (Lipinski definition) is 0. The fourth-order valence-electron chi connectivity index (χ4n) is 1.86. The molecular weight excluding hydrogens is 226 g/mol. The Morgan fingerprint density at radius 1 is 1.28 bits per heavy atom. The molecule has 1 amide bonds. The van der Waals surface area contributed by atoms with E-state index in [1.54, 1.807) is 6.20 Å². The van der Waals surface area contributed by atoms with Crippen LogP contribution >= 0.6 is 0 Å². The van der Waals surface area contributed by atoms with Gasteiger partial charge in [-0.3, -0.25) is 9.69 Å². The molecule has 0 bridgehead atoms. The van der Waals surface area contributed by atoms with E-state index in [-0.39, 0.29) is 5.91 Å². The number of carbonyl (C=O) groups is 1. The van der Waals surface area contributed by atoms with Crippen molar-refractivity contribution >= 4 is 11.7 Å². The zero-order valence-corrected chi connectivity index (χ0v) is 11.6. The molecule has 100 valence electrons. The van der Waals surface area contributed by atoms with Crippen LogP contribution in [0, 0.1) is 0 Å². The average Bonchev–Trinajstić information content (AvgIpc) is 2.40. The van der Waals surface area contributed by atoms with Gasteiger partial charge < -0.3 is 0 Å². The predicted molar refractivity (Wildman–Crippen MR) is 73.6 cm³/mol. The Hall–Kier alpha value is -1.45. The van der Waals surface area contributed by atoms with Gasteiger partial charge in [0.25, 0.3) is 0 Å². The maximum absolute atomic E-state index is 12.2. The zero-order valence-electron chi connectivity index (χ0n) is 11.6. The van der Waals surface area contributed by atoms with Crippen LogP contribution in [0.1, 0.15) is 52.0 Å². The van der Waals surface area contributed by atoms with Gasteiger partial charge in [-0.2, -0.15) is 0 Å². The van der Waals surface area contributed by atoms with Crippen LogP contribution in [-0.4, -0.2) is 22.4 Å². The molecular formula is C14H23N3O. The lowest BCUT2D eigenvalue weighted by atomic mass is 10.2. The fraction of sp³-hybridized carbons (Fsp3) is 0.643. The second-order valence-corrected chi connectivity index (χ2v) is 4.37. The smallest absolute Gasteiger partial charge is 0.228 e. The number of unbranched alkanes of at least 4 members (excludes halogenated alkanes) is 1. The maximum atomic E-state index is 12.2. The zero-order chi connectivity index (χ0) is 13.4. The molecule has 1 rings (SSSR count). The third kappa shape index (κ3) is 3.79. The topological polar surface area (TPSA) is 46.1 Å². The van der Waals surface area contributed by atoms with Crippen LogP contribution in [0.2, 0.25) is 0 Å². The number of nitrogens with zero attached hydrogens (tertiary/aromatic N) is 3. The molecule has 1 heterocycles. The summed E-state index contributed by atoms with van der Waals surface area (Å²) >= 11 is 0. The van der Waals surface area contributed by atoms with Crippen molar-refractivity contribution in [2.75, 3.05) is 11.4 Å². The second-order valence-electron chi connectivity index (χ2n) is 4.37. The summed E-state index contributed by atoms with van der Waals surface area (Å²) in [6, 6.07) is 0. The monoisotopic (exact) mass is 249 g/mol. The molecule has 0 spiro atoms. The molecule has 0 atom stereocenters. The molecule has 4 nitrogen and oxygen atoms in total. The Morgan fingerprint density at radius 3 is 2.67 bits per heavy atom. The van der Waals surface area contributed by atoms with Crippen LogP contribution in [0.4, 0.5) is 5.82 Å². The first kappa shape index (κ1) is 14.6. The van der Waals surface area contributed by atoms with Gasteiger partial charge >= 0.3 is 0 Å². The van der Waals surface area contributed by atoms with Gasteiger partial charge in [-0.15, -0.1) is 0 Å². The van der Waals surface area contributed by atoms with E-state index in [1.807, 2.05) is 11.8 Å². The van der Waals surface area contributed by atoms with Gasteiger partial charge in [0, 0.05) is 24.7 Å². The molecule has 1 aromatic rings. The van der Waals surface area contributed by atoms with Gasteiger partial charge in [0.05, 0.1) is 0 Å². The van der Waals surface area contributed by atoms with Crippen LogP contribution < -0.4 is 4.90 Å². The molecule has 0 unspecified atom stereocenters. The summed E-state index contributed by atoms with van der Waals surface area (Å²) in [5, 5.41) is 0. The number of anilines is 1. The first-order valence-electron chi connectivity index (χ1n) is 6.83. The Kier molecular flexibility index (Phi) is 6.33. The van der Waals surface area contributed by atoms with Crippen LogP contribution in [-0.2, 0) is 11.2 Å². The van der Waals surface area contributed by atoms with Gasteiger partial charge in [-0.1, -0.05) is 27.2 Å². The van der Waals surface area contributed by atoms with E-state index < -0.39 is 0 Å². The van der Waals surface area contributed by atoms with Crippen LogP contribution in [0.25, 0.3) is 0 Å². The van der Waals surface area contributed by atoms with Crippen LogP contribution in [0.5, 0.6) is 0 Å². The van der Waals surface area contributed by atoms with E-state index in [4.69, 9.17) is 0 Å². The molecule has 18 heavy (non-hydrogen) atoms. The number of rotatable bonds is 7. The third-order valence-electron chi connectivity index (χ3n) is 2.90. The van der Waals surface area contributed by atoms with Crippen molar-refractivity contribution in [2.24, 2.45) is 0 Å². The van der Waals surface area contributed by atoms with Crippen molar-refractivity contribution in [1.82, 2.24) is 9.97 Å². The van der Waals surface area contributed by atoms with Crippen molar-refractivity contribution in [3.8, 4) is 0 Å². The summed E-state index contributed by atoms with van der Waals surface area (Å²) in [5.74, 6) is 0.957. The van der Waals surface area contributed by atoms with Gasteiger partial charge in [-0.05, 0) is 19.3 Å². The number of amides is 1. The van der Waals surface area contributed by atoms with Gasteiger partial charge in [0.2, 0.25) is 5.91 Å². The Balaban J connectivity index is 2.96. The Morgan fingerprint density at radius 2 is 2.06 bits per heavy atom. The van der Waals surface area contributed by atoms with Crippen molar-refractivity contribution in [2.45, 2.75) is 52.9 Å². The quantitative estimate of drug-likeness (QED) is 0.746. The lowest BCUT2D eigenvalue weighted by Gasteiger charge is -2.23. The van der Waals surface area contributed by atoms with Crippen molar-refractivity contribution in [1.29, 1.82) is 0 Å². The Bertz CT molecular complexity index is 379. The summed E-state index contributed by atoms with van der Waals surface area (Å²) in [6.07, 6.45) is 7.70. The maximum Gasteiger partial charge on any atom is 0.228 e. The van der Waals surface area contributed by atoms with E-state index in [9.17, 15) is 4.79 Å². The normalized spacial score (nSPS) is 10.4. The van der Waals surface area contributed by atoms with Crippen LogP contribution in [0.15, 0.2) is 12.5 Å². The minimum absolute atomic E-state index is 0.166. The molecule has 0 aromatic carbocycles. The largest absolute Gasteiger partial charge is 0.297 e. The minimum atomic E-state index is 0.166. The van der Waals surface area contributed by atoms with E-state index in [1.165, 1.54) is 6.33 Å². The van der Waals surface area contributed by atoms with Gasteiger partial charge in [-0.25, -0.2) is 9.97 Å². The van der Waals surface area contributed by atoms with Gasteiger partial charge in [0.15, 0.2) is 0 Å². The SMILES string of the molecule is CCCCN(C(=O)CCC)c1ncncc1CC. The van der Waals surface area contributed by atoms with E-state index >= 15 is 0 Å². The molecule has 0 saturated carbocycles. The molecule has 0 radical (unpaired) electrons. The standard InChI is InChI=1S/C14H23N3O/c1-4-7-9-17(13(18)8-5-2)14-12(6-3)10-15-11-16-14/h10-11H,4-9H2,1-3H3. The first-order valence-corrected chi connectivity index (χ1v) is 6.83. The summed E-state index contributed by atoms with van der Waals surface area (Å²) in [5.41, 5.74) is 1.04. The highest BCUT2D eigenvalue weighted by Gasteiger charge is 2.18. The summed E-state index contributed by atoms with van der Waals surface area (Å²) in [6.45, 7) is 6.96. The first-order chi connectivity index (χ1) is 8.74. The lowest BCUT2D eigenvalue weighted by molar-refractivity contribution is -0.118. The second kappa shape index (κ2) is 7.80. The molecule has 0 aliphatic carbocycles. The molecule has 0 fully saturated rings. The van der Waals surface area contributed by atoms with E-state index in [2.05, 4.69) is 23.8 Å². The van der Waals surface area contributed by atoms with Crippen molar-refractivity contribution in [3.05, 3.63) is 18.1 Å². The summed E-state index contributed by atoms with van der Waals surface area (Å²) in [7, 11) is 0. The highest BCUT2D eigenvalue weighted by molar-refractivity contribution is 5.92. The number of aromatic nitrogens is 2. The molecule has 0 N–H and O–H groups in total. The predicted octanol–water partition coefficient (Wildman–Crippen LogP) is 2.97. The number of carbonyl (C=O) groups excluding carboxylic acids is 1. The summed E-state index contributed by atoms with van der Waals surface area (Å²) < 4.78 is 0. The van der Waals surface area contributed by atoms with Crippen LogP contribution in [0.3, 0.4) is 0 Å². The van der Waals surface area contributed by atoms with Crippen molar-refractivity contribution in [3.63, 3.8) is 0 Å². The van der Waals surface area contributed by atoms with E-state index in [0.717, 1.165) is 43.6 Å². The average molecular weight is 249 g/mol. The summed E-state index contributed by atoms with van der Waals surface area (Å²) in [4.78, 5) is 22.3. The third-order valence-corrected chi connectivity index (χ3v) is 2.90. The molecule has 4 heteroatoms. The Labute approximate surface area is 109 Å². The fourth-order valence-corrected chi connectivity index (χ4v) is 1.86. The highest BCUT2D eigenvalue weighted by atomic mass is 16.2. The minimum Gasteiger partial charge on any atom is -0.297 e. The molecule has 1 aromatic heterocycles. The highest BCUT2D eigenvalue weighted by Crippen LogP contribution is 2.18. The molecule has 0 aliphatic rings. The number of aryl methyl sites for hydroxylation is 1. The lowest BCUT2D eigenvalue weighted by Crippen LogP contribution is -2.33. The number of hydrogen-bond acceptors (Lipinski definition) is 3. The van der Waals surface area contributed by atoms with Gasteiger partial charge in [0.1, 0.15) is 12.1 Å². The molecule has 0 saturated heterocycles. The molecule has 0 aliphatic heterocycles.